The van der Waals surface area contributed by atoms with Crippen molar-refractivity contribution in [2.75, 3.05) is 12.0 Å². The van der Waals surface area contributed by atoms with Crippen molar-refractivity contribution < 1.29 is 8.42 Å². The zero-order valence-corrected chi connectivity index (χ0v) is 11.8. The Kier molecular flexibility index (Phi) is 4.32. The average molecular weight is 296 g/mol. The van der Waals surface area contributed by atoms with E-state index in [1.807, 2.05) is 0 Å². The van der Waals surface area contributed by atoms with Gasteiger partial charge in [-0.3, -0.25) is 10.5 Å². The lowest BCUT2D eigenvalue weighted by Crippen LogP contribution is -2.27. The van der Waals surface area contributed by atoms with E-state index in [1.54, 1.807) is 36.3 Å². The Labute approximate surface area is 117 Å². The minimum atomic E-state index is -3.62. The van der Waals surface area contributed by atoms with Crippen LogP contribution in [0.25, 0.3) is 0 Å². The Morgan fingerprint density at radius 3 is 2.75 bits per heavy atom. The first-order chi connectivity index (χ1) is 9.53. The average Bonchev–Trinajstić information content (AvgIpc) is 2.84. The minimum absolute atomic E-state index is 0.108. The van der Waals surface area contributed by atoms with Gasteiger partial charge in [-0.25, -0.2) is 18.1 Å². The second-order valence-corrected chi connectivity index (χ2v) is 5.86. The van der Waals surface area contributed by atoms with Crippen molar-refractivity contribution in [1.82, 2.24) is 19.5 Å². The van der Waals surface area contributed by atoms with Crippen LogP contribution < -0.4 is 16.0 Å². The molecule has 0 bridgehead atoms. The smallest absolute Gasteiger partial charge is 0.242 e. The van der Waals surface area contributed by atoms with Crippen LogP contribution in [0.1, 0.15) is 5.82 Å². The number of nitrogen functional groups attached to an aromatic ring is 1. The summed E-state index contributed by atoms with van der Waals surface area (Å²) in [7, 11) is -1.87. The van der Waals surface area contributed by atoms with E-state index in [1.165, 1.54) is 6.07 Å². The Morgan fingerprint density at radius 1 is 1.35 bits per heavy atom. The van der Waals surface area contributed by atoms with Crippen LogP contribution in [0.4, 0.5) is 5.69 Å². The van der Waals surface area contributed by atoms with Crippen LogP contribution in [0.5, 0.6) is 0 Å². The second-order valence-electron chi connectivity index (χ2n) is 4.12. The number of aromatic nitrogens is 3. The lowest BCUT2D eigenvalue weighted by molar-refractivity contribution is 0.581. The number of hydrogen-bond acceptors (Lipinski definition) is 6. The SMILES string of the molecule is Cn1cnc(CCNS(=O)(=O)c2ccccc2NN)n1. The first-order valence-electron chi connectivity index (χ1n) is 5.93. The number of nitrogens with two attached hydrogens (primary N) is 1. The van der Waals surface area contributed by atoms with Gasteiger partial charge in [0.2, 0.25) is 10.0 Å². The van der Waals surface area contributed by atoms with Gasteiger partial charge in [-0.05, 0) is 12.1 Å². The molecule has 0 amide bonds. The van der Waals surface area contributed by atoms with Crippen molar-refractivity contribution >= 4 is 15.7 Å². The van der Waals surface area contributed by atoms with Gasteiger partial charge in [0.15, 0.2) is 5.82 Å². The van der Waals surface area contributed by atoms with Crippen molar-refractivity contribution in [2.45, 2.75) is 11.3 Å². The van der Waals surface area contributed by atoms with E-state index in [9.17, 15) is 8.42 Å². The molecule has 0 unspecified atom stereocenters. The molecule has 108 valence electrons. The predicted octanol–water partition coefficient (Wildman–Crippen LogP) is -0.378. The predicted molar refractivity (Wildman–Crippen MR) is 74.1 cm³/mol. The van der Waals surface area contributed by atoms with Crippen molar-refractivity contribution in [1.29, 1.82) is 0 Å². The van der Waals surface area contributed by atoms with E-state index < -0.39 is 10.0 Å². The van der Waals surface area contributed by atoms with Crippen molar-refractivity contribution in [3.8, 4) is 0 Å². The summed E-state index contributed by atoms with van der Waals surface area (Å²) >= 11 is 0. The molecular weight excluding hydrogens is 280 g/mol. The third-order valence-electron chi connectivity index (χ3n) is 2.62. The van der Waals surface area contributed by atoms with E-state index in [4.69, 9.17) is 5.84 Å². The molecule has 1 aromatic heterocycles. The molecule has 0 aliphatic heterocycles. The summed E-state index contributed by atoms with van der Waals surface area (Å²) in [5.74, 6) is 5.89. The maximum absolute atomic E-state index is 12.2. The van der Waals surface area contributed by atoms with E-state index in [0.717, 1.165) is 0 Å². The number of hydrazine groups is 1. The van der Waals surface area contributed by atoms with Crippen LogP contribution in [0.15, 0.2) is 35.5 Å². The number of rotatable bonds is 6. The molecule has 20 heavy (non-hydrogen) atoms. The van der Waals surface area contributed by atoms with Crippen LogP contribution in [0.2, 0.25) is 0 Å². The molecule has 0 saturated carbocycles. The van der Waals surface area contributed by atoms with Crippen LogP contribution in [0.3, 0.4) is 0 Å². The molecule has 2 rings (SSSR count). The van der Waals surface area contributed by atoms with Crippen LogP contribution in [-0.4, -0.2) is 29.7 Å². The molecule has 0 aliphatic rings. The van der Waals surface area contributed by atoms with E-state index >= 15 is 0 Å². The zero-order valence-electron chi connectivity index (χ0n) is 10.9. The molecule has 8 nitrogen and oxygen atoms in total. The molecule has 0 fully saturated rings. The molecule has 1 heterocycles. The number of nitrogens with one attached hydrogen (secondary N) is 2. The maximum Gasteiger partial charge on any atom is 0.242 e. The number of nitrogens with zero attached hydrogens (tertiary/aromatic N) is 3. The molecule has 0 spiro atoms. The quantitative estimate of drug-likeness (QED) is 0.494. The van der Waals surface area contributed by atoms with Crippen molar-refractivity contribution in [3.05, 3.63) is 36.4 Å². The molecule has 0 radical (unpaired) electrons. The van der Waals surface area contributed by atoms with Gasteiger partial charge in [-0.2, -0.15) is 5.10 Å². The summed E-state index contributed by atoms with van der Waals surface area (Å²) in [6.07, 6.45) is 1.98. The van der Waals surface area contributed by atoms with Gasteiger partial charge in [-0.15, -0.1) is 0 Å². The largest absolute Gasteiger partial charge is 0.323 e. The first-order valence-corrected chi connectivity index (χ1v) is 7.41. The van der Waals surface area contributed by atoms with Crippen molar-refractivity contribution in [3.63, 3.8) is 0 Å². The van der Waals surface area contributed by atoms with Gasteiger partial charge in [0.1, 0.15) is 11.2 Å². The fraction of sp³-hybridized carbons (Fsp3) is 0.273. The molecule has 9 heteroatoms. The molecular formula is C11H16N6O2S. The number of hydrogen-bond donors (Lipinski definition) is 3. The van der Waals surface area contributed by atoms with E-state index in [2.05, 4.69) is 20.2 Å². The lowest BCUT2D eigenvalue weighted by Gasteiger charge is -2.10. The topological polar surface area (TPSA) is 115 Å². The van der Waals surface area contributed by atoms with Gasteiger partial charge >= 0.3 is 0 Å². The zero-order chi connectivity index (χ0) is 14.6. The Morgan fingerprint density at radius 2 is 2.10 bits per heavy atom. The lowest BCUT2D eigenvalue weighted by atomic mass is 10.3. The highest BCUT2D eigenvalue weighted by molar-refractivity contribution is 7.89. The van der Waals surface area contributed by atoms with Gasteiger partial charge in [0.05, 0.1) is 5.69 Å². The second kappa shape index (κ2) is 5.99. The first kappa shape index (κ1) is 14.4. The molecule has 0 aliphatic carbocycles. The number of aryl methyl sites for hydroxylation is 1. The molecule has 1 aromatic carbocycles. The Balaban J connectivity index is 2.04. The number of sulfonamides is 1. The highest BCUT2D eigenvalue weighted by atomic mass is 32.2. The van der Waals surface area contributed by atoms with Gasteiger partial charge < -0.3 is 5.43 Å². The monoisotopic (exact) mass is 296 g/mol. The Hall–Kier alpha value is -1.97. The van der Waals surface area contributed by atoms with Gasteiger partial charge in [0.25, 0.3) is 0 Å². The maximum atomic E-state index is 12.2. The Bertz CT molecular complexity index is 682. The molecule has 0 saturated heterocycles. The van der Waals surface area contributed by atoms with Crippen LogP contribution in [-0.2, 0) is 23.5 Å². The number of anilines is 1. The summed E-state index contributed by atoms with van der Waals surface area (Å²) < 4.78 is 28.4. The summed E-state index contributed by atoms with van der Waals surface area (Å²) in [6, 6.07) is 6.41. The fourth-order valence-corrected chi connectivity index (χ4v) is 2.89. The fourth-order valence-electron chi connectivity index (χ4n) is 1.69. The van der Waals surface area contributed by atoms with Crippen LogP contribution >= 0.6 is 0 Å². The molecule has 0 atom stereocenters. The summed E-state index contributed by atoms with van der Waals surface area (Å²) in [5, 5.41) is 4.08. The van der Waals surface area contributed by atoms with Crippen LogP contribution in [0, 0.1) is 0 Å². The van der Waals surface area contributed by atoms with Crippen molar-refractivity contribution in [2.24, 2.45) is 12.9 Å². The normalized spacial score (nSPS) is 11.5. The van der Waals surface area contributed by atoms with E-state index in [-0.39, 0.29) is 11.4 Å². The summed E-state index contributed by atoms with van der Waals surface area (Å²) in [5.41, 5.74) is 2.71. The highest BCUT2D eigenvalue weighted by Crippen LogP contribution is 2.19. The number of benzene rings is 1. The summed E-state index contributed by atoms with van der Waals surface area (Å²) in [4.78, 5) is 4.13. The van der Waals surface area contributed by atoms with E-state index in [0.29, 0.717) is 17.9 Å². The van der Waals surface area contributed by atoms with Gasteiger partial charge in [-0.1, -0.05) is 12.1 Å². The third-order valence-corrected chi connectivity index (χ3v) is 4.14. The molecule has 2 aromatic rings. The summed E-state index contributed by atoms with van der Waals surface area (Å²) in [6.45, 7) is 0.214. The molecule has 4 N–H and O–H groups in total. The standard InChI is InChI=1S/C11H16N6O2S/c1-17-8-13-11(16-17)6-7-14-20(18,19)10-5-3-2-4-9(10)15-12/h2-5,8,14-15H,6-7,12H2,1H3. The highest BCUT2D eigenvalue weighted by Gasteiger charge is 2.17. The van der Waals surface area contributed by atoms with Gasteiger partial charge in [0, 0.05) is 20.0 Å². The number of para-hydroxylation sites is 1. The minimum Gasteiger partial charge on any atom is -0.323 e. The third kappa shape index (κ3) is 3.32.